The van der Waals surface area contributed by atoms with Crippen molar-refractivity contribution >= 4 is 23.2 Å². The van der Waals surface area contributed by atoms with Crippen LogP contribution in [0.3, 0.4) is 0 Å². The fraction of sp³-hybridized carbons (Fsp3) is 0.647. The number of hydrogen-bond acceptors (Lipinski definition) is 4. The number of nitrogens with one attached hydrogen (secondary N) is 2. The fourth-order valence-electron chi connectivity index (χ4n) is 2.66. The molecule has 6 heteroatoms. The van der Waals surface area contributed by atoms with Gasteiger partial charge in [-0.15, -0.1) is 11.3 Å². The summed E-state index contributed by atoms with van der Waals surface area (Å²) in [6, 6.07) is 3.02. The number of ether oxygens (including phenoxy) is 1. The topological polar surface area (TPSA) is 67.4 Å². The maximum absolute atomic E-state index is 11.9. The van der Waals surface area contributed by atoms with Crippen molar-refractivity contribution < 1.29 is 14.3 Å². The molecule has 1 atom stereocenters. The smallest absolute Gasteiger partial charge is 0.261 e. The number of amides is 2. The Kier molecular flexibility index (Phi) is 7.55. The molecule has 1 fully saturated rings. The van der Waals surface area contributed by atoms with Gasteiger partial charge in [0.05, 0.1) is 11.0 Å². The molecule has 1 aliphatic carbocycles. The third-order valence-corrected chi connectivity index (χ3v) is 4.88. The van der Waals surface area contributed by atoms with E-state index in [4.69, 9.17) is 4.74 Å². The minimum atomic E-state index is -0.538. The van der Waals surface area contributed by atoms with Crippen molar-refractivity contribution in [1.29, 1.82) is 0 Å². The predicted octanol–water partition coefficient (Wildman–Crippen LogP) is 2.72. The van der Waals surface area contributed by atoms with Crippen molar-refractivity contribution in [2.24, 2.45) is 0 Å². The van der Waals surface area contributed by atoms with Crippen LogP contribution in [0.5, 0.6) is 0 Å². The van der Waals surface area contributed by atoms with Gasteiger partial charge in [-0.3, -0.25) is 9.59 Å². The molecule has 0 bridgehead atoms. The third kappa shape index (κ3) is 6.31. The van der Waals surface area contributed by atoms with Crippen LogP contribution in [0.25, 0.3) is 0 Å². The van der Waals surface area contributed by atoms with Crippen molar-refractivity contribution in [2.75, 3.05) is 13.2 Å². The van der Waals surface area contributed by atoms with E-state index in [1.54, 1.807) is 13.0 Å². The van der Waals surface area contributed by atoms with E-state index in [0.717, 1.165) is 19.3 Å². The highest BCUT2D eigenvalue weighted by molar-refractivity contribution is 7.12. The van der Waals surface area contributed by atoms with E-state index >= 15 is 0 Å². The molecule has 2 rings (SSSR count). The Morgan fingerprint density at radius 1 is 1.35 bits per heavy atom. The van der Waals surface area contributed by atoms with Crippen LogP contribution in [0.4, 0.5) is 0 Å². The van der Waals surface area contributed by atoms with Gasteiger partial charge in [0.25, 0.3) is 5.91 Å². The largest absolute Gasteiger partial charge is 0.378 e. The Labute approximate surface area is 141 Å². The highest BCUT2D eigenvalue weighted by Crippen LogP contribution is 2.20. The summed E-state index contributed by atoms with van der Waals surface area (Å²) in [7, 11) is 0. The highest BCUT2D eigenvalue weighted by atomic mass is 32.1. The van der Waals surface area contributed by atoms with Gasteiger partial charge in [0.15, 0.2) is 0 Å². The van der Waals surface area contributed by atoms with E-state index in [9.17, 15) is 9.59 Å². The fourth-order valence-corrected chi connectivity index (χ4v) is 3.29. The van der Waals surface area contributed by atoms with Crippen molar-refractivity contribution in [3.05, 3.63) is 22.4 Å². The molecule has 1 unspecified atom stereocenters. The molecule has 0 aromatic carbocycles. The molecule has 2 amide bonds. The zero-order chi connectivity index (χ0) is 16.5. The maximum atomic E-state index is 11.9. The summed E-state index contributed by atoms with van der Waals surface area (Å²) in [5, 5.41) is 7.38. The first-order valence-electron chi connectivity index (χ1n) is 8.40. The van der Waals surface area contributed by atoms with Crippen molar-refractivity contribution in [1.82, 2.24) is 10.6 Å². The summed E-state index contributed by atoms with van der Waals surface area (Å²) in [6.07, 6.45) is 7.39. The lowest BCUT2D eigenvalue weighted by atomic mass is 9.98. The van der Waals surface area contributed by atoms with Gasteiger partial charge in [-0.25, -0.2) is 0 Å². The SMILES string of the molecule is CC(NC(=O)c1cccs1)C(=O)NCCCOC1CCCCC1. The van der Waals surface area contributed by atoms with E-state index in [1.165, 1.54) is 30.6 Å². The van der Waals surface area contributed by atoms with Gasteiger partial charge in [-0.05, 0) is 37.6 Å². The van der Waals surface area contributed by atoms with Gasteiger partial charge < -0.3 is 15.4 Å². The highest BCUT2D eigenvalue weighted by Gasteiger charge is 2.17. The second kappa shape index (κ2) is 9.67. The van der Waals surface area contributed by atoms with Crippen molar-refractivity contribution in [3.8, 4) is 0 Å². The molecule has 128 valence electrons. The molecule has 1 aromatic rings. The van der Waals surface area contributed by atoms with Crippen LogP contribution in [0.1, 0.15) is 55.1 Å². The summed E-state index contributed by atoms with van der Waals surface area (Å²) in [5.41, 5.74) is 0. The molecule has 0 aliphatic heterocycles. The zero-order valence-corrected chi connectivity index (χ0v) is 14.5. The Bertz CT molecular complexity index is 484. The molecule has 1 saturated carbocycles. The molecular weight excluding hydrogens is 312 g/mol. The monoisotopic (exact) mass is 338 g/mol. The summed E-state index contributed by atoms with van der Waals surface area (Å²) in [4.78, 5) is 24.4. The molecule has 2 N–H and O–H groups in total. The van der Waals surface area contributed by atoms with Gasteiger partial charge in [0.1, 0.15) is 6.04 Å². The van der Waals surface area contributed by atoms with Crippen LogP contribution in [-0.4, -0.2) is 37.1 Å². The zero-order valence-electron chi connectivity index (χ0n) is 13.7. The van der Waals surface area contributed by atoms with Crippen LogP contribution in [0.2, 0.25) is 0 Å². The van der Waals surface area contributed by atoms with Gasteiger partial charge in [-0.2, -0.15) is 0 Å². The summed E-state index contributed by atoms with van der Waals surface area (Å²) in [6.45, 7) is 2.95. The molecule has 0 saturated heterocycles. The van der Waals surface area contributed by atoms with E-state index < -0.39 is 6.04 Å². The molecule has 1 heterocycles. The number of rotatable bonds is 8. The first kappa shape index (κ1) is 17.9. The van der Waals surface area contributed by atoms with Gasteiger partial charge in [0.2, 0.25) is 5.91 Å². The van der Waals surface area contributed by atoms with Gasteiger partial charge >= 0.3 is 0 Å². The lowest BCUT2D eigenvalue weighted by Crippen LogP contribution is -2.45. The molecule has 0 radical (unpaired) electrons. The molecule has 1 aliphatic rings. The number of thiophene rings is 1. The first-order chi connectivity index (χ1) is 11.2. The first-order valence-corrected chi connectivity index (χ1v) is 9.28. The van der Waals surface area contributed by atoms with Crippen LogP contribution >= 0.6 is 11.3 Å². The number of carbonyl (C=O) groups excluding carboxylic acids is 2. The van der Waals surface area contributed by atoms with E-state index in [-0.39, 0.29) is 11.8 Å². The van der Waals surface area contributed by atoms with Gasteiger partial charge in [0, 0.05) is 13.2 Å². The molecule has 0 spiro atoms. The Morgan fingerprint density at radius 3 is 2.83 bits per heavy atom. The molecule has 5 nitrogen and oxygen atoms in total. The van der Waals surface area contributed by atoms with Crippen molar-refractivity contribution in [2.45, 2.75) is 57.6 Å². The van der Waals surface area contributed by atoms with E-state index in [1.807, 2.05) is 11.4 Å². The molecule has 23 heavy (non-hydrogen) atoms. The Morgan fingerprint density at radius 2 is 2.13 bits per heavy atom. The predicted molar refractivity (Wildman–Crippen MR) is 91.7 cm³/mol. The average Bonchev–Trinajstić information content (AvgIpc) is 3.10. The Hall–Kier alpha value is -1.40. The van der Waals surface area contributed by atoms with E-state index in [2.05, 4.69) is 10.6 Å². The quantitative estimate of drug-likeness (QED) is 0.716. The lowest BCUT2D eigenvalue weighted by Gasteiger charge is -2.22. The summed E-state index contributed by atoms with van der Waals surface area (Å²) < 4.78 is 5.82. The minimum absolute atomic E-state index is 0.160. The maximum Gasteiger partial charge on any atom is 0.261 e. The normalized spacial score (nSPS) is 16.7. The number of hydrogen-bond donors (Lipinski definition) is 2. The van der Waals surface area contributed by atoms with E-state index in [0.29, 0.717) is 24.1 Å². The minimum Gasteiger partial charge on any atom is -0.378 e. The second-order valence-corrected chi connectivity index (χ2v) is 6.90. The summed E-state index contributed by atoms with van der Waals surface area (Å²) >= 11 is 1.36. The van der Waals surface area contributed by atoms with Crippen LogP contribution in [0.15, 0.2) is 17.5 Å². The van der Waals surface area contributed by atoms with Gasteiger partial charge in [-0.1, -0.05) is 25.3 Å². The molecular formula is C17H26N2O3S. The average molecular weight is 338 g/mol. The van der Waals surface area contributed by atoms with Crippen LogP contribution in [0, 0.1) is 0 Å². The third-order valence-electron chi connectivity index (χ3n) is 4.01. The number of carbonyl (C=O) groups is 2. The van der Waals surface area contributed by atoms with Crippen molar-refractivity contribution in [3.63, 3.8) is 0 Å². The van der Waals surface area contributed by atoms with Crippen LogP contribution < -0.4 is 10.6 Å². The Balaban J connectivity index is 1.56. The van der Waals surface area contributed by atoms with Crippen LogP contribution in [-0.2, 0) is 9.53 Å². The second-order valence-electron chi connectivity index (χ2n) is 5.95. The molecule has 1 aromatic heterocycles. The standard InChI is InChI=1S/C17H26N2O3S/c1-13(19-17(21)15-9-5-12-23-15)16(20)18-10-6-11-22-14-7-3-2-4-8-14/h5,9,12-14H,2-4,6-8,10-11H2,1H3,(H,18,20)(H,19,21). The summed E-state index contributed by atoms with van der Waals surface area (Å²) in [5.74, 6) is -0.365. The lowest BCUT2D eigenvalue weighted by molar-refractivity contribution is -0.122.